The van der Waals surface area contributed by atoms with E-state index in [1.54, 1.807) is 0 Å². The summed E-state index contributed by atoms with van der Waals surface area (Å²) in [5.41, 5.74) is 1.16. The van der Waals surface area contributed by atoms with E-state index in [-0.39, 0.29) is 0 Å². The molecule has 0 unspecified atom stereocenters. The molecule has 0 aliphatic heterocycles. The first-order valence-electron chi connectivity index (χ1n) is 3.86. The molecule has 0 aliphatic rings. The molecule has 0 atom stereocenters. The van der Waals surface area contributed by atoms with Crippen LogP contribution in [0.3, 0.4) is 0 Å². The summed E-state index contributed by atoms with van der Waals surface area (Å²) in [4.78, 5) is 0. The molecule has 11 heavy (non-hydrogen) atoms. The summed E-state index contributed by atoms with van der Waals surface area (Å²) in [6.07, 6.45) is 0. The Balaban J connectivity index is 2.85. The normalized spacial score (nSPS) is 11.6. The third kappa shape index (κ3) is 2.19. The molecular weight excluding hydrogens is 136 g/mol. The maximum Gasteiger partial charge on any atom is 0.323 e. The van der Waals surface area contributed by atoms with Crippen LogP contribution in [0.1, 0.15) is 23.8 Å². The van der Waals surface area contributed by atoms with Crippen molar-refractivity contribution in [3.8, 4) is 0 Å². The zero-order valence-electron chi connectivity index (χ0n) is 7.00. The first-order valence-corrected chi connectivity index (χ1v) is 3.86. The van der Waals surface area contributed by atoms with Crippen molar-refractivity contribution < 1.29 is 4.42 Å². The van der Waals surface area contributed by atoms with Gasteiger partial charge in [0.25, 0.3) is 6.61 Å². The molecular formula is C10H13O+. The van der Waals surface area contributed by atoms with Gasteiger partial charge in [-0.05, 0) is 12.1 Å². The van der Waals surface area contributed by atoms with Crippen LogP contribution in [0.4, 0.5) is 0 Å². The zero-order valence-corrected chi connectivity index (χ0v) is 7.00. The second-order valence-corrected chi connectivity index (χ2v) is 2.36. The largest absolute Gasteiger partial charge is 0.323 e. The van der Waals surface area contributed by atoms with E-state index >= 15 is 0 Å². The number of hydrogen-bond donors (Lipinski definition) is 0. The number of carbonyl (C=O) groups excluding carboxylic acids is 1. The Bertz CT molecular complexity index is 236. The van der Waals surface area contributed by atoms with Crippen LogP contribution in [0.2, 0.25) is 0 Å². The number of hydrogen-bond acceptors (Lipinski definition) is 0. The predicted octanol–water partition coefficient (Wildman–Crippen LogP) is 2.44. The molecule has 0 aliphatic carbocycles. The summed E-state index contributed by atoms with van der Waals surface area (Å²) >= 11 is 0. The second kappa shape index (κ2) is 3.91. The highest BCUT2D eigenvalue weighted by Crippen LogP contribution is 1.99. The van der Waals surface area contributed by atoms with Gasteiger partial charge in [-0.2, -0.15) is 0 Å². The lowest BCUT2D eigenvalue weighted by Crippen LogP contribution is -1.94. The summed E-state index contributed by atoms with van der Waals surface area (Å²) in [5, 5.41) is 0. The fourth-order valence-electron chi connectivity index (χ4n) is 0.973. The van der Waals surface area contributed by atoms with Gasteiger partial charge < -0.3 is 0 Å². The lowest BCUT2D eigenvalue weighted by Gasteiger charge is -1.87. The molecule has 1 rings (SSSR count). The van der Waals surface area contributed by atoms with Gasteiger partial charge in [0.15, 0.2) is 0 Å². The van der Waals surface area contributed by atoms with Crippen molar-refractivity contribution in [1.29, 1.82) is 0 Å². The van der Waals surface area contributed by atoms with E-state index in [1.165, 1.54) is 0 Å². The first kappa shape index (κ1) is 7.99. The van der Waals surface area contributed by atoms with Gasteiger partial charge in [0, 0.05) is 6.92 Å². The van der Waals surface area contributed by atoms with E-state index in [9.17, 15) is 0 Å². The molecule has 0 amide bonds. The van der Waals surface area contributed by atoms with Gasteiger partial charge in [-0.1, -0.05) is 18.2 Å². The Hall–Kier alpha value is -1.11. The Morgan fingerprint density at radius 2 is 1.91 bits per heavy atom. The van der Waals surface area contributed by atoms with E-state index in [2.05, 4.69) is 0 Å². The van der Waals surface area contributed by atoms with E-state index in [0.717, 1.165) is 18.0 Å². The summed E-state index contributed by atoms with van der Waals surface area (Å²) in [7, 11) is 0. The minimum atomic E-state index is 0.737. The summed E-state index contributed by atoms with van der Waals surface area (Å²) in [6, 6.07) is 10.1. The van der Waals surface area contributed by atoms with E-state index in [1.807, 2.05) is 44.2 Å². The minimum absolute atomic E-state index is 0.737. The highest BCUT2D eigenvalue weighted by Gasteiger charge is 2.04. The highest BCUT2D eigenvalue weighted by molar-refractivity contribution is 5.94. The van der Waals surface area contributed by atoms with E-state index in [0.29, 0.717) is 0 Å². The van der Waals surface area contributed by atoms with Gasteiger partial charge in [-0.25, -0.2) is 0 Å². The van der Waals surface area contributed by atoms with Crippen LogP contribution in [-0.4, -0.2) is 12.4 Å². The van der Waals surface area contributed by atoms with Crippen LogP contribution in [0.15, 0.2) is 30.3 Å². The van der Waals surface area contributed by atoms with Gasteiger partial charge in [0.05, 0.1) is 12.5 Å². The van der Waals surface area contributed by atoms with Crippen molar-refractivity contribution in [3.05, 3.63) is 35.9 Å². The summed E-state index contributed by atoms with van der Waals surface area (Å²) in [5.74, 6) is 0.994. The van der Waals surface area contributed by atoms with E-state index < -0.39 is 0 Å². The van der Waals surface area contributed by atoms with Crippen molar-refractivity contribution in [3.63, 3.8) is 0 Å². The molecule has 0 N–H and O–H groups in total. The van der Waals surface area contributed by atoms with Crippen molar-refractivity contribution in [2.75, 3.05) is 6.61 Å². The molecule has 0 spiro atoms. The Labute approximate surface area is 67.4 Å². The van der Waals surface area contributed by atoms with E-state index in [4.69, 9.17) is 4.42 Å². The van der Waals surface area contributed by atoms with Crippen LogP contribution >= 0.6 is 0 Å². The molecule has 1 heteroatoms. The monoisotopic (exact) mass is 149 g/mol. The Kier molecular flexibility index (Phi) is 2.84. The lowest BCUT2D eigenvalue weighted by atomic mass is 10.2. The second-order valence-electron chi connectivity index (χ2n) is 2.36. The fourth-order valence-corrected chi connectivity index (χ4v) is 0.973. The number of rotatable bonds is 2. The van der Waals surface area contributed by atoms with Crippen LogP contribution in [0.5, 0.6) is 0 Å². The van der Waals surface area contributed by atoms with Crippen LogP contribution in [-0.2, 0) is 0 Å². The molecule has 0 saturated carbocycles. The maximum absolute atomic E-state index is 5.34. The van der Waals surface area contributed by atoms with Gasteiger partial charge in [0.1, 0.15) is 0 Å². The topological polar surface area (TPSA) is 11.3 Å². The van der Waals surface area contributed by atoms with Crippen LogP contribution < -0.4 is 0 Å². The van der Waals surface area contributed by atoms with Crippen LogP contribution in [0.25, 0.3) is 0 Å². The molecule has 0 aromatic heterocycles. The van der Waals surface area contributed by atoms with Gasteiger partial charge in [-0.15, -0.1) is 0 Å². The van der Waals surface area contributed by atoms with Crippen molar-refractivity contribution >= 4 is 5.78 Å². The van der Waals surface area contributed by atoms with Crippen molar-refractivity contribution in [2.24, 2.45) is 0 Å². The maximum atomic E-state index is 5.34. The molecule has 1 aromatic rings. The zero-order chi connectivity index (χ0) is 8.10. The average molecular weight is 149 g/mol. The third-order valence-corrected chi connectivity index (χ3v) is 1.54. The molecule has 58 valence electrons. The molecule has 0 heterocycles. The molecule has 0 bridgehead atoms. The van der Waals surface area contributed by atoms with Crippen molar-refractivity contribution in [2.45, 2.75) is 13.8 Å². The fraction of sp³-hybridized carbons (Fsp3) is 0.300. The predicted molar refractivity (Wildman–Crippen MR) is 47.0 cm³/mol. The van der Waals surface area contributed by atoms with Crippen LogP contribution in [0, 0.1) is 0 Å². The Morgan fingerprint density at radius 3 is 2.45 bits per heavy atom. The smallest absolute Gasteiger partial charge is 0.259 e. The highest BCUT2D eigenvalue weighted by atomic mass is 16.4. The standard InChI is InChI=1S/C10H13O/c1-3-11-9(2)10-7-5-4-6-8-10/h4-8H,3H2,1-2H3/q+1. The van der Waals surface area contributed by atoms with Gasteiger partial charge in [-0.3, -0.25) is 4.42 Å². The number of ketones is 1. The van der Waals surface area contributed by atoms with Gasteiger partial charge >= 0.3 is 5.78 Å². The minimum Gasteiger partial charge on any atom is -0.259 e. The molecule has 1 nitrogen and oxygen atoms in total. The van der Waals surface area contributed by atoms with Gasteiger partial charge in [0.2, 0.25) is 0 Å². The third-order valence-electron chi connectivity index (χ3n) is 1.54. The first-order chi connectivity index (χ1) is 5.34. The number of benzene rings is 1. The van der Waals surface area contributed by atoms with Crippen molar-refractivity contribution in [1.82, 2.24) is 0 Å². The molecule has 0 fully saturated rings. The SMILES string of the molecule is CC[O+]=C(C)c1ccccc1. The Morgan fingerprint density at radius 1 is 1.27 bits per heavy atom. The lowest BCUT2D eigenvalue weighted by molar-refractivity contribution is -0.263. The quantitative estimate of drug-likeness (QED) is 0.452. The summed E-state index contributed by atoms with van der Waals surface area (Å²) < 4.78 is 5.34. The molecule has 0 radical (unpaired) electrons. The average Bonchev–Trinajstić information content (AvgIpc) is 2.07. The summed E-state index contributed by atoms with van der Waals surface area (Å²) in [6.45, 7) is 4.71. The molecule has 0 saturated heterocycles. The molecule has 1 aromatic carbocycles.